The second-order valence-electron chi connectivity index (χ2n) is 3.70. The van der Waals surface area contributed by atoms with Gasteiger partial charge in [-0.15, -0.1) is 11.6 Å². The lowest BCUT2D eigenvalue weighted by Crippen LogP contribution is -2.26. The summed E-state index contributed by atoms with van der Waals surface area (Å²) in [5, 5.41) is 0.230. The topological polar surface area (TPSA) is 21.1 Å². The number of rotatable bonds is 6. The lowest BCUT2D eigenvalue weighted by Gasteiger charge is -2.17. The van der Waals surface area contributed by atoms with E-state index in [9.17, 15) is 0 Å². The molecule has 0 saturated carbocycles. The first-order chi connectivity index (χ1) is 6.68. The Kier molecular flexibility index (Phi) is 4.98. The number of nitrogens with zero attached hydrogens (tertiary/aromatic N) is 3. The fraction of sp³-hybridized carbons (Fsp3) is 0.700. The van der Waals surface area contributed by atoms with Gasteiger partial charge in [0.05, 0.1) is 6.33 Å². The summed E-state index contributed by atoms with van der Waals surface area (Å²) in [5.74, 6) is 0. The van der Waals surface area contributed by atoms with Crippen LogP contribution in [0.4, 0.5) is 0 Å². The lowest BCUT2D eigenvalue weighted by atomic mass is 10.3. The molecule has 0 aromatic carbocycles. The highest BCUT2D eigenvalue weighted by Crippen LogP contribution is 1.98. The molecule has 1 atom stereocenters. The Morgan fingerprint density at radius 3 is 2.93 bits per heavy atom. The Hall–Kier alpha value is -0.540. The van der Waals surface area contributed by atoms with E-state index in [0.29, 0.717) is 0 Å². The number of aromatic nitrogens is 2. The standard InChI is InChI=1S/C10H18ClN3/c1-10(11)8-13(2)5-3-6-14-7-4-12-9-14/h4,7,9-10H,3,5-6,8H2,1-2H3. The molecule has 4 heteroatoms. The first-order valence-corrected chi connectivity index (χ1v) is 5.40. The second kappa shape index (κ2) is 6.04. The van der Waals surface area contributed by atoms with Crippen molar-refractivity contribution in [1.29, 1.82) is 0 Å². The minimum atomic E-state index is 0.230. The molecule has 3 nitrogen and oxygen atoms in total. The first kappa shape index (κ1) is 11.5. The molecule has 14 heavy (non-hydrogen) atoms. The van der Waals surface area contributed by atoms with Crippen LogP contribution in [-0.4, -0.2) is 40.0 Å². The molecule has 1 aromatic heterocycles. The van der Waals surface area contributed by atoms with Crippen molar-refractivity contribution in [3.63, 3.8) is 0 Å². The van der Waals surface area contributed by atoms with Gasteiger partial charge < -0.3 is 9.47 Å². The van der Waals surface area contributed by atoms with Gasteiger partial charge in [0.25, 0.3) is 0 Å². The summed E-state index contributed by atoms with van der Waals surface area (Å²) in [6.07, 6.45) is 6.79. The van der Waals surface area contributed by atoms with Crippen molar-refractivity contribution in [1.82, 2.24) is 14.5 Å². The summed E-state index contributed by atoms with van der Waals surface area (Å²) in [6, 6.07) is 0. The van der Waals surface area contributed by atoms with Crippen LogP contribution in [0.15, 0.2) is 18.7 Å². The Bertz CT molecular complexity index is 234. The van der Waals surface area contributed by atoms with Gasteiger partial charge in [-0.2, -0.15) is 0 Å². The minimum absolute atomic E-state index is 0.230. The molecule has 1 aromatic rings. The number of aryl methyl sites for hydroxylation is 1. The molecule has 0 saturated heterocycles. The zero-order valence-electron chi connectivity index (χ0n) is 8.86. The van der Waals surface area contributed by atoms with Crippen LogP contribution in [0.5, 0.6) is 0 Å². The molecule has 0 aliphatic carbocycles. The Morgan fingerprint density at radius 1 is 1.57 bits per heavy atom. The second-order valence-corrected chi connectivity index (χ2v) is 4.44. The summed E-state index contributed by atoms with van der Waals surface area (Å²) in [6.45, 7) is 5.08. The average molecular weight is 216 g/mol. The van der Waals surface area contributed by atoms with Gasteiger partial charge in [-0.25, -0.2) is 4.98 Å². The van der Waals surface area contributed by atoms with Crippen LogP contribution in [0.25, 0.3) is 0 Å². The van der Waals surface area contributed by atoms with E-state index >= 15 is 0 Å². The summed E-state index contributed by atoms with van der Waals surface area (Å²) >= 11 is 5.89. The molecule has 1 heterocycles. The van der Waals surface area contributed by atoms with Gasteiger partial charge >= 0.3 is 0 Å². The van der Waals surface area contributed by atoms with Gasteiger partial charge in [-0.3, -0.25) is 0 Å². The highest BCUT2D eigenvalue weighted by molar-refractivity contribution is 6.20. The van der Waals surface area contributed by atoms with Gasteiger partial charge in [0.1, 0.15) is 0 Å². The quantitative estimate of drug-likeness (QED) is 0.676. The normalized spacial score (nSPS) is 13.4. The molecule has 0 N–H and O–H groups in total. The van der Waals surface area contributed by atoms with Gasteiger partial charge in [0.2, 0.25) is 0 Å². The van der Waals surface area contributed by atoms with Gasteiger partial charge in [-0.1, -0.05) is 0 Å². The van der Waals surface area contributed by atoms with E-state index in [0.717, 1.165) is 26.1 Å². The van der Waals surface area contributed by atoms with Gasteiger partial charge in [0.15, 0.2) is 0 Å². The fourth-order valence-electron chi connectivity index (χ4n) is 1.46. The van der Waals surface area contributed by atoms with Crippen molar-refractivity contribution in [2.45, 2.75) is 25.3 Å². The molecule has 0 bridgehead atoms. The maximum atomic E-state index is 5.89. The maximum absolute atomic E-state index is 5.89. The van der Waals surface area contributed by atoms with Crippen LogP contribution < -0.4 is 0 Å². The van der Waals surface area contributed by atoms with Crippen molar-refractivity contribution in [3.05, 3.63) is 18.7 Å². The summed E-state index contributed by atoms with van der Waals surface area (Å²) in [5.41, 5.74) is 0. The monoisotopic (exact) mass is 215 g/mol. The largest absolute Gasteiger partial charge is 0.337 e. The number of halogens is 1. The van der Waals surface area contributed by atoms with E-state index in [-0.39, 0.29) is 5.38 Å². The molecule has 0 aliphatic heterocycles. The third-order valence-corrected chi connectivity index (χ3v) is 2.22. The number of imidazole rings is 1. The molecule has 0 aliphatic rings. The smallest absolute Gasteiger partial charge is 0.0945 e. The van der Waals surface area contributed by atoms with Crippen LogP contribution in [0.2, 0.25) is 0 Å². The maximum Gasteiger partial charge on any atom is 0.0945 e. The number of hydrogen-bond acceptors (Lipinski definition) is 2. The van der Waals surface area contributed by atoms with Gasteiger partial charge in [0, 0.05) is 30.9 Å². The highest BCUT2D eigenvalue weighted by Gasteiger charge is 2.02. The number of alkyl halides is 1. The minimum Gasteiger partial charge on any atom is -0.337 e. The first-order valence-electron chi connectivity index (χ1n) is 4.97. The van der Waals surface area contributed by atoms with Crippen molar-refractivity contribution in [3.8, 4) is 0 Å². The third kappa shape index (κ3) is 4.63. The Balaban J connectivity index is 2.09. The Morgan fingerprint density at radius 2 is 2.36 bits per heavy atom. The average Bonchev–Trinajstić information content (AvgIpc) is 2.55. The third-order valence-electron chi connectivity index (χ3n) is 2.08. The fourth-order valence-corrected chi connectivity index (χ4v) is 1.70. The van der Waals surface area contributed by atoms with E-state index in [2.05, 4.69) is 21.5 Å². The molecule has 0 fully saturated rings. The molecular formula is C10H18ClN3. The molecular weight excluding hydrogens is 198 g/mol. The van der Waals surface area contributed by atoms with Crippen LogP contribution in [0, 0.1) is 0 Å². The van der Waals surface area contributed by atoms with E-state index in [1.807, 2.05) is 25.6 Å². The van der Waals surface area contributed by atoms with Crippen LogP contribution >= 0.6 is 11.6 Å². The van der Waals surface area contributed by atoms with E-state index in [1.54, 1.807) is 0 Å². The zero-order chi connectivity index (χ0) is 10.4. The molecule has 1 rings (SSSR count). The predicted octanol–water partition coefficient (Wildman–Crippen LogP) is 1.83. The lowest BCUT2D eigenvalue weighted by molar-refractivity contribution is 0.324. The van der Waals surface area contributed by atoms with Crippen molar-refractivity contribution in [2.75, 3.05) is 20.1 Å². The zero-order valence-corrected chi connectivity index (χ0v) is 9.61. The summed E-state index contributed by atoms with van der Waals surface area (Å²) in [7, 11) is 2.10. The van der Waals surface area contributed by atoms with Crippen LogP contribution in [0.1, 0.15) is 13.3 Å². The molecule has 0 radical (unpaired) electrons. The van der Waals surface area contributed by atoms with Crippen molar-refractivity contribution < 1.29 is 0 Å². The SMILES string of the molecule is CC(Cl)CN(C)CCCn1ccnc1. The molecule has 80 valence electrons. The van der Waals surface area contributed by atoms with Crippen molar-refractivity contribution >= 4 is 11.6 Å². The molecule has 1 unspecified atom stereocenters. The van der Waals surface area contributed by atoms with Crippen LogP contribution in [0.3, 0.4) is 0 Å². The highest BCUT2D eigenvalue weighted by atomic mass is 35.5. The summed E-state index contributed by atoms with van der Waals surface area (Å²) < 4.78 is 2.10. The van der Waals surface area contributed by atoms with E-state index in [1.165, 1.54) is 0 Å². The van der Waals surface area contributed by atoms with E-state index < -0.39 is 0 Å². The predicted molar refractivity (Wildman–Crippen MR) is 59.7 cm³/mol. The molecule has 0 amide bonds. The van der Waals surface area contributed by atoms with Gasteiger partial charge in [-0.05, 0) is 26.9 Å². The number of hydrogen-bond donors (Lipinski definition) is 0. The van der Waals surface area contributed by atoms with Crippen LogP contribution in [-0.2, 0) is 6.54 Å². The molecule has 0 spiro atoms. The van der Waals surface area contributed by atoms with E-state index in [4.69, 9.17) is 11.6 Å². The Labute approximate surface area is 90.7 Å². The van der Waals surface area contributed by atoms with Crippen molar-refractivity contribution in [2.24, 2.45) is 0 Å². The summed E-state index contributed by atoms with van der Waals surface area (Å²) in [4.78, 5) is 6.26.